The number of pyridine rings is 1. The molecular weight excluding hydrogens is 316 g/mol. The van der Waals surface area contributed by atoms with Crippen LogP contribution in [0.1, 0.15) is 0 Å². The van der Waals surface area contributed by atoms with Gasteiger partial charge in [-0.15, -0.1) is 0 Å². The van der Waals surface area contributed by atoms with Crippen molar-refractivity contribution >= 4 is 21.8 Å². The first-order valence-electron chi connectivity index (χ1n) is 8.81. The highest BCUT2D eigenvalue weighted by molar-refractivity contribution is 6.12. The SMILES string of the molecule is Cn1c2ccccc2c2cccc(-c3cc(-c4ccccc4)ccn3)c21. The van der Waals surface area contributed by atoms with Crippen LogP contribution in [0.3, 0.4) is 0 Å². The number of nitrogens with zero attached hydrogens (tertiary/aromatic N) is 2. The zero-order valence-corrected chi connectivity index (χ0v) is 14.6. The lowest BCUT2D eigenvalue weighted by atomic mass is 10.0. The number of fused-ring (bicyclic) bond motifs is 3. The van der Waals surface area contributed by atoms with Gasteiger partial charge in [-0.2, -0.15) is 0 Å². The molecule has 2 heteroatoms. The summed E-state index contributed by atoms with van der Waals surface area (Å²) in [5.74, 6) is 0. The minimum atomic E-state index is 1.00. The Balaban J connectivity index is 1.78. The van der Waals surface area contributed by atoms with Gasteiger partial charge in [0.1, 0.15) is 0 Å². The molecule has 0 fully saturated rings. The monoisotopic (exact) mass is 334 g/mol. The van der Waals surface area contributed by atoms with Gasteiger partial charge in [-0.1, -0.05) is 66.7 Å². The van der Waals surface area contributed by atoms with E-state index in [2.05, 4.69) is 95.5 Å². The molecule has 5 aromatic rings. The molecule has 0 radical (unpaired) electrons. The zero-order valence-electron chi connectivity index (χ0n) is 14.6. The quantitative estimate of drug-likeness (QED) is 0.383. The van der Waals surface area contributed by atoms with E-state index in [0.717, 1.165) is 5.69 Å². The Hall–Kier alpha value is -3.39. The van der Waals surface area contributed by atoms with Gasteiger partial charge in [-0.3, -0.25) is 4.98 Å². The maximum Gasteiger partial charge on any atom is 0.0729 e. The maximum atomic E-state index is 4.68. The van der Waals surface area contributed by atoms with Crippen molar-refractivity contribution in [2.24, 2.45) is 7.05 Å². The van der Waals surface area contributed by atoms with Crippen LogP contribution >= 0.6 is 0 Å². The number of benzene rings is 3. The number of aromatic nitrogens is 2. The molecule has 5 rings (SSSR count). The molecule has 0 amide bonds. The van der Waals surface area contributed by atoms with Gasteiger partial charge in [0.2, 0.25) is 0 Å². The number of rotatable bonds is 2. The van der Waals surface area contributed by atoms with Crippen molar-refractivity contribution in [1.29, 1.82) is 0 Å². The minimum Gasteiger partial charge on any atom is -0.343 e. The van der Waals surface area contributed by atoms with Crippen molar-refractivity contribution in [3.8, 4) is 22.4 Å². The van der Waals surface area contributed by atoms with E-state index in [1.165, 1.54) is 38.5 Å². The molecule has 0 aliphatic rings. The second-order valence-corrected chi connectivity index (χ2v) is 6.57. The molecule has 0 aliphatic carbocycles. The van der Waals surface area contributed by atoms with Crippen LogP contribution in [0, 0.1) is 0 Å². The van der Waals surface area contributed by atoms with Gasteiger partial charge in [-0.25, -0.2) is 0 Å². The number of aryl methyl sites for hydroxylation is 1. The predicted molar refractivity (Wildman–Crippen MR) is 109 cm³/mol. The van der Waals surface area contributed by atoms with Crippen LogP contribution < -0.4 is 0 Å². The molecule has 0 N–H and O–H groups in total. The largest absolute Gasteiger partial charge is 0.343 e. The molecule has 0 saturated carbocycles. The normalized spacial score (nSPS) is 11.3. The molecule has 124 valence electrons. The third-order valence-electron chi connectivity index (χ3n) is 5.07. The van der Waals surface area contributed by atoms with Crippen molar-refractivity contribution in [1.82, 2.24) is 9.55 Å². The van der Waals surface area contributed by atoms with Crippen molar-refractivity contribution in [2.75, 3.05) is 0 Å². The first kappa shape index (κ1) is 14.9. The minimum absolute atomic E-state index is 1.00. The lowest BCUT2D eigenvalue weighted by Gasteiger charge is -2.08. The summed E-state index contributed by atoms with van der Waals surface area (Å²) in [6, 6.07) is 29.7. The van der Waals surface area contributed by atoms with E-state index >= 15 is 0 Å². The fourth-order valence-electron chi connectivity index (χ4n) is 3.83. The van der Waals surface area contributed by atoms with Crippen molar-refractivity contribution in [3.05, 3.63) is 91.1 Å². The number of para-hydroxylation sites is 2. The standard InChI is InChI=1S/C24H18N2/c1-26-23-13-6-5-10-19(23)20-11-7-12-21(24(20)26)22-16-18(14-15-25-22)17-8-3-2-4-9-17/h2-16H,1H3. The second kappa shape index (κ2) is 5.85. The van der Waals surface area contributed by atoms with Gasteiger partial charge in [0.25, 0.3) is 0 Å². The molecule has 0 spiro atoms. The van der Waals surface area contributed by atoms with Gasteiger partial charge in [-0.05, 0) is 29.3 Å². The summed E-state index contributed by atoms with van der Waals surface area (Å²) in [4.78, 5) is 4.68. The van der Waals surface area contributed by atoms with Crippen LogP contribution in [0.4, 0.5) is 0 Å². The summed E-state index contributed by atoms with van der Waals surface area (Å²) in [5, 5.41) is 2.55. The third kappa shape index (κ3) is 2.23. The average Bonchev–Trinajstić information content (AvgIpc) is 3.02. The molecule has 2 heterocycles. The number of hydrogen-bond acceptors (Lipinski definition) is 1. The van der Waals surface area contributed by atoms with Crippen molar-refractivity contribution in [2.45, 2.75) is 0 Å². The molecular formula is C24H18N2. The highest BCUT2D eigenvalue weighted by atomic mass is 14.9. The fourth-order valence-corrected chi connectivity index (χ4v) is 3.83. The topological polar surface area (TPSA) is 17.8 Å². The van der Waals surface area contributed by atoms with Crippen LogP contribution in [0.5, 0.6) is 0 Å². The first-order valence-corrected chi connectivity index (χ1v) is 8.81. The van der Waals surface area contributed by atoms with E-state index in [-0.39, 0.29) is 0 Å². The Labute approximate surface area is 152 Å². The van der Waals surface area contributed by atoms with E-state index < -0.39 is 0 Å². The Kier molecular flexibility index (Phi) is 3.36. The molecule has 0 bridgehead atoms. The zero-order chi connectivity index (χ0) is 17.5. The van der Waals surface area contributed by atoms with E-state index in [4.69, 9.17) is 0 Å². The van der Waals surface area contributed by atoms with Gasteiger partial charge < -0.3 is 4.57 Å². The Bertz CT molecular complexity index is 1230. The molecule has 26 heavy (non-hydrogen) atoms. The maximum absolute atomic E-state index is 4.68. The van der Waals surface area contributed by atoms with Gasteiger partial charge in [0.05, 0.1) is 11.2 Å². The van der Waals surface area contributed by atoms with Gasteiger partial charge in [0.15, 0.2) is 0 Å². The lowest BCUT2D eigenvalue weighted by molar-refractivity contribution is 1.01. The first-order chi connectivity index (χ1) is 12.8. The molecule has 0 unspecified atom stereocenters. The highest BCUT2D eigenvalue weighted by Gasteiger charge is 2.13. The molecule has 0 aliphatic heterocycles. The van der Waals surface area contributed by atoms with Crippen LogP contribution in [-0.4, -0.2) is 9.55 Å². The Morgan fingerprint density at radius 2 is 1.46 bits per heavy atom. The van der Waals surface area contributed by atoms with Gasteiger partial charge in [0, 0.05) is 35.1 Å². The molecule has 2 aromatic heterocycles. The molecule has 2 nitrogen and oxygen atoms in total. The second-order valence-electron chi connectivity index (χ2n) is 6.57. The third-order valence-corrected chi connectivity index (χ3v) is 5.07. The summed E-state index contributed by atoms with van der Waals surface area (Å²) < 4.78 is 2.27. The predicted octanol–water partition coefficient (Wildman–Crippen LogP) is 6.06. The van der Waals surface area contributed by atoms with E-state index in [9.17, 15) is 0 Å². The average molecular weight is 334 g/mol. The van der Waals surface area contributed by atoms with Crippen LogP contribution in [0.2, 0.25) is 0 Å². The van der Waals surface area contributed by atoms with Gasteiger partial charge >= 0.3 is 0 Å². The smallest absolute Gasteiger partial charge is 0.0729 e. The van der Waals surface area contributed by atoms with E-state index in [0.29, 0.717) is 0 Å². The highest BCUT2D eigenvalue weighted by Crippen LogP contribution is 2.35. The van der Waals surface area contributed by atoms with E-state index in [1.54, 1.807) is 0 Å². The molecule has 3 aromatic carbocycles. The summed E-state index contributed by atoms with van der Waals surface area (Å²) in [7, 11) is 2.13. The summed E-state index contributed by atoms with van der Waals surface area (Å²) in [5.41, 5.74) is 7.04. The van der Waals surface area contributed by atoms with Crippen LogP contribution in [-0.2, 0) is 7.05 Å². The Morgan fingerprint density at radius 1 is 0.692 bits per heavy atom. The van der Waals surface area contributed by atoms with Crippen molar-refractivity contribution < 1.29 is 0 Å². The summed E-state index contributed by atoms with van der Waals surface area (Å²) in [6.45, 7) is 0. The molecule has 0 saturated heterocycles. The van der Waals surface area contributed by atoms with E-state index in [1.807, 2.05) is 12.3 Å². The lowest BCUT2D eigenvalue weighted by Crippen LogP contribution is -1.92. The van der Waals surface area contributed by atoms with Crippen LogP contribution in [0.15, 0.2) is 91.1 Å². The van der Waals surface area contributed by atoms with Crippen LogP contribution in [0.25, 0.3) is 44.2 Å². The Morgan fingerprint density at radius 3 is 2.35 bits per heavy atom. The fraction of sp³-hybridized carbons (Fsp3) is 0.0417. The number of hydrogen-bond donors (Lipinski definition) is 0. The summed E-state index contributed by atoms with van der Waals surface area (Å²) >= 11 is 0. The molecule has 0 atom stereocenters. The summed E-state index contributed by atoms with van der Waals surface area (Å²) in [6.07, 6.45) is 1.90. The van der Waals surface area contributed by atoms with Crippen molar-refractivity contribution in [3.63, 3.8) is 0 Å².